The van der Waals surface area contributed by atoms with E-state index in [9.17, 15) is 0 Å². The molecule has 0 spiro atoms. The molecular formula is C8H20Si2. The predicted octanol–water partition coefficient (Wildman–Crippen LogP) is 3.35. The molecule has 1 aliphatic heterocycles. The van der Waals surface area contributed by atoms with Crippen molar-refractivity contribution in [2.75, 3.05) is 0 Å². The second-order valence-electron chi connectivity index (χ2n) is 3.91. The molecule has 60 valence electrons. The molecule has 1 saturated heterocycles. The highest BCUT2D eigenvalue weighted by molar-refractivity contribution is 7.01. The lowest BCUT2D eigenvalue weighted by Gasteiger charge is -2.28. The fourth-order valence-corrected chi connectivity index (χ4v) is 11.6. The summed E-state index contributed by atoms with van der Waals surface area (Å²) in [6.07, 6.45) is 0. The van der Waals surface area contributed by atoms with E-state index in [1.54, 1.807) is 6.92 Å². The Morgan fingerprint density at radius 1 is 1.30 bits per heavy atom. The zero-order valence-corrected chi connectivity index (χ0v) is 8.91. The molecule has 0 amide bonds. The van der Waals surface area contributed by atoms with Gasteiger partial charge in [0.25, 0.3) is 0 Å². The van der Waals surface area contributed by atoms with E-state index in [-0.39, 0.29) is 6.04 Å². The van der Waals surface area contributed by atoms with Crippen molar-refractivity contribution in [1.82, 2.24) is 0 Å². The number of hydrogen-bond acceptors (Lipinski definition) is 0. The van der Waals surface area contributed by atoms with Crippen molar-refractivity contribution in [3.8, 4) is 0 Å². The van der Waals surface area contributed by atoms with Crippen molar-refractivity contribution in [2.24, 2.45) is 0 Å². The van der Waals surface area contributed by atoms with Crippen molar-refractivity contribution in [3.63, 3.8) is 0 Å². The average Bonchev–Trinajstić information content (AvgIpc) is 2.15. The molecular weight excluding hydrogens is 152 g/mol. The molecule has 1 rings (SSSR count). The third-order valence-electron chi connectivity index (χ3n) is 2.78. The van der Waals surface area contributed by atoms with Crippen molar-refractivity contribution in [1.29, 1.82) is 0 Å². The molecule has 1 heterocycles. The summed E-state index contributed by atoms with van der Waals surface area (Å²) in [5.41, 5.74) is 0. The molecule has 0 N–H and O–H groups in total. The topological polar surface area (TPSA) is 0 Å². The maximum Gasteiger partial charge on any atom is 0.0473 e. The van der Waals surface area contributed by atoms with Crippen LogP contribution in [-0.2, 0) is 0 Å². The SMILES string of the molecule is [2H]C([2H])([2H])[Si]1(C([2H])([2H])[2H])CC[Si](C)(C)[C@@]1([2H])C. The summed E-state index contributed by atoms with van der Waals surface area (Å²) >= 11 is 0. The Hall–Kier alpha value is 0.434. The molecule has 0 aromatic heterocycles. The van der Waals surface area contributed by atoms with Gasteiger partial charge in [0.05, 0.1) is 0 Å². The zero-order chi connectivity index (χ0) is 13.9. The van der Waals surface area contributed by atoms with Gasteiger partial charge in [-0.3, -0.25) is 0 Å². The summed E-state index contributed by atoms with van der Waals surface area (Å²) in [5.74, 6) is 0. The van der Waals surface area contributed by atoms with Gasteiger partial charge in [0.15, 0.2) is 0 Å². The largest absolute Gasteiger partial charge is 0.0694 e. The first-order valence-electron chi connectivity index (χ1n) is 7.21. The first-order chi connectivity index (χ1) is 7.21. The molecule has 0 aliphatic carbocycles. The predicted molar refractivity (Wildman–Crippen MR) is 54.0 cm³/mol. The summed E-state index contributed by atoms with van der Waals surface area (Å²) in [5, 5.41) is -1.23. The highest BCUT2D eigenvalue weighted by Gasteiger charge is 2.46. The Labute approximate surface area is 76.9 Å². The minimum atomic E-state index is -3.67. The lowest BCUT2D eigenvalue weighted by atomic mass is 10.9. The molecule has 0 aromatic carbocycles. The summed E-state index contributed by atoms with van der Waals surface area (Å²) in [7, 11) is -5.78. The van der Waals surface area contributed by atoms with Crippen LogP contribution in [0.1, 0.15) is 16.5 Å². The van der Waals surface area contributed by atoms with Crippen LogP contribution in [0.2, 0.25) is 43.3 Å². The van der Waals surface area contributed by atoms with Crippen LogP contribution in [0.3, 0.4) is 0 Å². The van der Waals surface area contributed by atoms with E-state index in [2.05, 4.69) is 0 Å². The second kappa shape index (κ2) is 2.21. The molecule has 2 heteroatoms. The quantitative estimate of drug-likeness (QED) is 0.500. The van der Waals surface area contributed by atoms with E-state index in [1.165, 1.54) is 0 Å². The molecule has 1 aliphatic rings. The van der Waals surface area contributed by atoms with E-state index in [0.717, 1.165) is 0 Å². The first kappa shape index (κ1) is 3.06. The van der Waals surface area contributed by atoms with Crippen LogP contribution < -0.4 is 0 Å². The van der Waals surface area contributed by atoms with Gasteiger partial charge in [0.1, 0.15) is 0 Å². The molecule has 0 bridgehead atoms. The molecule has 1 fully saturated rings. The molecule has 0 aromatic rings. The molecule has 1 atom stereocenters. The fraction of sp³-hybridized carbons (Fsp3) is 1.00. The Morgan fingerprint density at radius 2 is 1.80 bits per heavy atom. The Morgan fingerprint density at radius 3 is 2.00 bits per heavy atom. The van der Waals surface area contributed by atoms with Gasteiger partial charge in [0.2, 0.25) is 0 Å². The van der Waals surface area contributed by atoms with Gasteiger partial charge in [-0.2, -0.15) is 0 Å². The first-order valence-corrected chi connectivity index (χ1v) is 9.12. The van der Waals surface area contributed by atoms with Crippen LogP contribution in [0.4, 0.5) is 0 Å². The molecule has 0 saturated carbocycles. The van der Waals surface area contributed by atoms with Gasteiger partial charge in [-0.05, 0) is 0 Å². The normalized spacial score (nSPS) is 56.5. The van der Waals surface area contributed by atoms with Crippen LogP contribution >= 0.6 is 0 Å². The molecule has 0 unspecified atom stereocenters. The van der Waals surface area contributed by atoms with E-state index in [1.807, 2.05) is 13.1 Å². The minimum absolute atomic E-state index is 0.249. The van der Waals surface area contributed by atoms with E-state index in [0.29, 0.717) is 6.04 Å². The maximum atomic E-state index is 8.51. The standard InChI is InChI=1S/C8H20Si2/c1-8-9(2,3)6-7-10(8,4)5/h8H,6-7H2,1-5H3/i2D3,3D3,8D/t8-/m0/s1. The zero-order valence-electron chi connectivity index (χ0n) is 13.9. The van der Waals surface area contributed by atoms with Crippen LogP contribution in [-0.4, -0.2) is 16.1 Å². The van der Waals surface area contributed by atoms with E-state index >= 15 is 0 Å². The summed E-state index contributed by atoms with van der Waals surface area (Å²) in [6, 6.07) is 0.898. The lowest BCUT2D eigenvalue weighted by Crippen LogP contribution is -2.36. The Bertz CT molecular complexity index is 301. The van der Waals surface area contributed by atoms with Crippen LogP contribution in [0.15, 0.2) is 0 Å². The number of hydrogen-bond donors (Lipinski definition) is 0. The average molecular weight is 179 g/mol. The maximum absolute atomic E-state index is 8.51. The second-order valence-corrected chi connectivity index (χ2v) is 12.5. The van der Waals surface area contributed by atoms with Gasteiger partial charge in [-0.15, -0.1) is 0 Å². The van der Waals surface area contributed by atoms with Crippen molar-refractivity contribution >= 4 is 16.1 Å². The number of rotatable bonds is 0. The lowest BCUT2D eigenvalue weighted by molar-refractivity contribution is 1.21. The van der Waals surface area contributed by atoms with Gasteiger partial charge in [-0.1, -0.05) is 50.2 Å². The van der Waals surface area contributed by atoms with Crippen LogP contribution in [0.5, 0.6) is 0 Å². The Balaban J connectivity index is 3.50. The molecule has 0 radical (unpaired) electrons. The van der Waals surface area contributed by atoms with Crippen LogP contribution in [0, 0.1) is 0 Å². The van der Waals surface area contributed by atoms with E-state index < -0.39 is 34.2 Å². The van der Waals surface area contributed by atoms with Crippen molar-refractivity contribution in [2.45, 2.75) is 50.2 Å². The highest BCUT2D eigenvalue weighted by atomic mass is 28.4. The van der Waals surface area contributed by atoms with Gasteiger partial charge < -0.3 is 0 Å². The van der Waals surface area contributed by atoms with Crippen LogP contribution in [0.25, 0.3) is 0 Å². The minimum Gasteiger partial charge on any atom is -0.0694 e. The third-order valence-corrected chi connectivity index (χ3v) is 12.4. The smallest absolute Gasteiger partial charge is 0.0473 e. The van der Waals surface area contributed by atoms with Gasteiger partial charge in [-0.25, -0.2) is 0 Å². The third kappa shape index (κ3) is 1.23. The summed E-state index contributed by atoms with van der Waals surface area (Å²) < 4.78 is 54.7. The van der Waals surface area contributed by atoms with Gasteiger partial charge in [0, 0.05) is 25.7 Å². The van der Waals surface area contributed by atoms with E-state index in [4.69, 9.17) is 9.60 Å². The molecule has 10 heavy (non-hydrogen) atoms. The Kier molecular flexibility index (Phi) is 0.674. The van der Waals surface area contributed by atoms with Crippen molar-refractivity contribution < 1.29 is 9.60 Å². The summed E-state index contributed by atoms with van der Waals surface area (Å²) in [6.45, 7) is 0.528. The highest BCUT2D eigenvalue weighted by Crippen LogP contribution is 2.45. The van der Waals surface area contributed by atoms with Gasteiger partial charge >= 0.3 is 0 Å². The fourth-order valence-electron chi connectivity index (χ4n) is 1.45. The monoisotopic (exact) mass is 179 g/mol. The summed E-state index contributed by atoms with van der Waals surface area (Å²) in [4.78, 5) is 0. The van der Waals surface area contributed by atoms with Crippen molar-refractivity contribution in [3.05, 3.63) is 0 Å². The molecule has 0 nitrogen and oxygen atoms in total.